The normalized spacial score (nSPS) is 10.0. The van der Waals surface area contributed by atoms with Crippen molar-refractivity contribution in [3.8, 4) is 5.75 Å². The molecule has 1 amide bonds. The largest absolute Gasteiger partial charge is 0.496 e. The van der Waals surface area contributed by atoms with E-state index in [9.17, 15) is 19.7 Å². The van der Waals surface area contributed by atoms with E-state index in [1.54, 1.807) is 24.3 Å². The number of hydrogen-bond acceptors (Lipinski definition) is 5. The van der Waals surface area contributed by atoms with Gasteiger partial charge in [-0.2, -0.15) is 0 Å². The number of benzene rings is 2. The molecule has 2 aromatic rings. The lowest BCUT2D eigenvalue weighted by Crippen LogP contribution is -2.25. The van der Waals surface area contributed by atoms with Gasteiger partial charge in [0.1, 0.15) is 5.75 Å². The molecule has 0 aliphatic carbocycles. The second-order valence-corrected chi connectivity index (χ2v) is 4.79. The number of rotatable bonds is 6. The zero-order valence-electron chi connectivity index (χ0n) is 12.7. The molecule has 0 saturated heterocycles. The number of nitrogens with zero attached hydrogens (tertiary/aromatic N) is 1. The molecule has 24 heavy (non-hydrogen) atoms. The zero-order chi connectivity index (χ0) is 17.7. The number of para-hydroxylation sites is 1. The SMILES string of the molecule is COc1ccccc1CNC(=O)c1cc([N+](=O)[O-])ccc1C(=O)O. The number of ether oxygens (including phenoxy) is 1. The topological polar surface area (TPSA) is 119 Å². The molecule has 8 heteroatoms. The Morgan fingerprint density at radius 1 is 1.21 bits per heavy atom. The van der Waals surface area contributed by atoms with Crippen molar-refractivity contribution >= 4 is 17.6 Å². The number of carbonyl (C=O) groups is 2. The average molecular weight is 330 g/mol. The van der Waals surface area contributed by atoms with E-state index in [2.05, 4.69) is 5.32 Å². The van der Waals surface area contributed by atoms with Gasteiger partial charge in [-0.05, 0) is 12.1 Å². The first-order chi connectivity index (χ1) is 11.4. The number of nitrogens with one attached hydrogen (secondary N) is 1. The highest BCUT2D eigenvalue weighted by Gasteiger charge is 2.20. The van der Waals surface area contributed by atoms with E-state index < -0.39 is 16.8 Å². The first-order valence-corrected chi connectivity index (χ1v) is 6.86. The van der Waals surface area contributed by atoms with E-state index in [0.29, 0.717) is 11.3 Å². The van der Waals surface area contributed by atoms with Crippen molar-refractivity contribution in [2.75, 3.05) is 7.11 Å². The molecule has 0 fully saturated rings. The Kier molecular flexibility index (Phi) is 5.10. The van der Waals surface area contributed by atoms with E-state index in [1.165, 1.54) is 7.11 Å². The summed E-state index contributed by atoms with van der Waals surface area (Å²) >= 11 is 0. The molecule has 8 nitrogen and oxygen atoms in total. The summed E-state index contributed by atoms with van der Waals surface area (Å²) in [5.74, 6) is -1.50. The van der Waals surface area contributed by atoms with Gasteiger partial charge in [-0.3, -0.25) is 14.9 Å². The highest BCUT2D eigenvalue weighted by atomic mass is 16.6. The van der Waals surface area contributed by atoms with Gasteiger partial charge >= 0.3 is 5.97 Å². The van der Waals surface area contributed by atoms with Crippen LogP contribution in [-0.4, -0.2) is 29.0 Å². The maximum atomic E-state index is 12.3. The number of carbonyl (C=O) groups excluding carboxylic acids is 1. The first-order valence-electron chi connectivity index (χ1n) is 6.86. The maximum Gasteiger partial charge on any atom is 0.336 e. The Morgan fingerprint density at radius 3 is 2.54 bits per heavy atom. The van der Waals surface area contributed by atoms with Crippen LogP contribution in [0.1, 0.15) is 26.3 Å². The fourth-order valence-electron chi connectivity index (χ4n) is 2.14. The molecule has 0 spiro atoms. The number of nitro groups is 1. The smallest absolute Gasteiger partial charge is 0.336 e. The van der Waals surface area contributed by atoms with Crippen molar-refractivity contribution < 1.29 is 24.4 Å². The lowest BCUT2D eigenvalue weighted by atomic mass is 10.1. The molecule has 2 rings (SSSR count). The minimum atomic E-state index is -1.34. The summed E-state index contributed by atoms with van der Waals surface area (Å²) in [4.78, 5) is 33.6. The molecule has 0 saturated carbocycles. The van der Waals surface area contributed by atoms with Gasteiger partial charge in [0.15, 0.2) is 0 Å². The lowest BCUT2D eigenvalue weighted by molar-refractivity contribution is -0.384. The molecule has 2 N–H and O–H groups in total. The van der Waals surface area contributed by atoms with Gasteiger partial charge in [0.25, 0.3) is 11.6 Å². The predicted molar refractivity (Wildman–Crippen MR) is 84.2 cm³/mol. The van der Waals surface area contributed by atoms with Gasteiger partial charge in [-0.25, -0.2) is 4.79 Å². The fraction of sp³-hybridized carbons (Fsp3) is 0.125. The van der Waals surface area contributed by atoms with E-state index in [-0.39, 0.29) is 23.4 Å². The third kappa shape index (κ3) is 3.67. The van der Waals surface area contributed by atoms with Crippen molar-refractivity contribution in [3.63, 3.8) is 0 Å². The van der Waals surface area contributed by atoms with Gasteiger partial charge in [-0.1, -0.05) is 18.2 Å². The van der Waals surface area contributed by atoms with Crippen molar-refractivity contribution in [2.24, 2.45) is 0 Å². The van der Waals surface area contributed by atoms with Crippen LogP contribution in [0.5, 0.6) is 5.75 Å². The molecule has 2 aromatic carbocycles. The van der Waals surface area contributed by atoms with Crippen LogP contribution in [0.25, 0.3) is 0 Å². The predicted octanol–water partition coefficient (Wildman–Crippen LogP) is 2.23. The minimum absolute atomic E-state index is 0.0879. The van der Waals surface area contributed by atoms with Crippen molar-refractivity contribution in [1.29, 1.82) is 0 Å². The molecule has 0 radical (unpaired) electrons. The summed E-state index contributed by atoms with van der Waals surface area (Å²) in [6, 6.07) is 10.0. The Morgan fingerprint density at radius 2 is 1.92 bits per heavy atom. The Bertz CT molecular complexity index is 803. The van der Waals surface area contributed by atoms with Gasteiger partial charge in [0.05, 0.1) is 23.2 Å². The molecular formula is C16H14N2O6. The van der Waals surface area contributed by atoms with E-state index in [4.69, 9.17) is 9.84 Å². The number of carboxylic acid groups (broad SMARTS) is 1. The molecule has 0 aliphatic heterocycles. The number of aromatic carboxylic acids is 1. The summed E-state index contributed by atoms with van der Waals surface area (Å²) in [6.07, 6.45) is 0. The monoisotopic (exact) mass is 330 g/mol. The number of nitro benzene ring substituents is 1. The van der Waals surface area contributed by atoms with Crippen LogP contribution in [0.3, 0.4) is 0 Å². The van der Waals surface area contributed by atoms with E-state index in [0.717, 1.165) is 18.2 Å². The minimum Gasteiger partial charge on any atom is -0.496 e. The van der Waals surface area contributed by atoms with Crippen LogP contribution in [0.2, 0.25) is 0 Å². The van der Waals surface area contributed by atoms with Gasteiger partial charge in [0.2, 0.25) is 0 Å². The molecule has 124 valence electrons. The summed E-state index contributed by atoms with van der Waals surface area (Å²) in [5, 5.41) is 22.5. The lowest BCUT2D eigenvalue weighted by Gasteiger charge is -2.10. The first kappa shape index (κ1) is 16.9. The third-order valence-corrected chi connectivity index (χ3v) is 3.32. The van der Waals surface area contributed by atoms with Crippen LogP contribution < -0.4 is 10.1 Å². The summed E-state index contributed by atoms with van der Waals surface area (Å²) in [6.45, 7) is 0.0879. The molecule has 0 heterocycles. The van der Waals surface area contributed by atoms with Gasteiger partial charge in [0, 0.05) is 24.2 Å². The van der Waals surface area contributed by atoms with Crippen LogP contribution in [0, 0.1) is 10.1 Å². The Labute approximate surface area is 136 Å². The summed E-state index contributed by atoms with van der Waals surface area (Å²) in [5.41, 5.74) is -0.247. The number of non-ortho nitro benzene ring substituents is 1. The highest BCUT2D eigenvalue weighted by molar-refractivity contribution is 6.05. The average Bonchev–Trinajstić information content (AvgIpc) is 2.59. The zero-order valence-corrected chi connectivity index (χ0v) is 12.7. The molecule has 0 aromatic heterocycles. The van der Waals surface area contributed by atoms with Gasteiger partial charge < -0.3 is 15.2 Å². The van der Waals surface area contributed by atoms with Crippen molar-refractivity contribution in [1.82, 2.24) is 5.32 Å². The molecule has 0 unspecified atom stereocenters. The Hall–Kier alpha value is -3.42. The number of amides is 1. The second kappa shape index (κ2) is 7.23. The van der Waals surface area contributed by atoms with E-state index >= 15 is 0 Å². The number of carboxylic acids is 1. The highest BCUT2D eigenvalue weighted by Crippen LogP contribution is 2.20. The second-order valence-electron chi connectivity index (χ2n) is 4.79. The summed E-state index contributed by atoms with van der Waals surface area (Å²) < 4.78 is 5.16. The Balaban J connectivity index is 2.27. The quantitative estimate of drug-likeness (QED) is 0.619. The molecule has 0 aliphatic rings. The third-order valence-electron chi connectivity index (χ3n) is 3.32. The van der Waals surface area contributed by atoms with Crippen LogP contribution in [0.15, 0.2) is 42.5 Å². The fourth-order valence-corrected chi connectivity index (χ4v) is 2.14. The molecular weight excluding hydrogens is 316 g/mol. The van der Waals surface area contributed by atoms with Gasteiger partial charge in [-0.15, -0.1) is 0 Å². The van der Waals surface area contributed by atoms with Crippen molar-refractivity contribution in [3.05, 3.63) is 69.3 Å². The standard InChI is InChI=1S/C16H14N2O6/c1-24-14-5-3-2-4-10(14)9-17-15(19)13-8-11(18(22)23)6-7-12(13)16(20)21/h2-8H,9H2,1H3,(H,17,19)(H,20,21). The summed E-state index contributed by atoms with van der Waals surface area (Å²) in [7, 11) is 1.49. The van der Waals surface area contributed by atoms with E-state index in [1.807, 2.05) is 0 Å². The van der Waals surface area contributed by atoms with Crippen LogP contribution in [0.4, 0.5) is 5.69 Å². The molecule has 0 atom stereocenters. The molecule has 0 bridgehead atoms. The maximum absolute atomic E-state index is 12.3. The van der Waals surface area contributed by atoms with Crippen LogP contribution in [-0.2, 0) is 6.54 Å². The van der Waals surface area contributed by atoms with Crippen molar-refractivity contribution in [2.45, 2.75) is 6.54 Å². The number of hydrogen-bond donors (Lipinski definition) is 2. The number of methoxy groups -OCH3 is 1. The van der Waals surface area contributed by atoms with Crippen LogP contribution >= 0.6 is 0 Å².